The molecule has 0 aromatic heterocycles. The van der Waals surface area contributed by atoms with E-state index in [1.54, 1.807) is 19.1 Å². The van der Waals surface area contributed by atoms with Crippen LogP contribution in [0.25, 0.3) is 0 Å². The lowest BCUT2D eigenvalue weighted by molar-refractivity contribution is 0.593. The third-order valence-electron chi connectivity index (χ3n) is 3.15. The lowest BCUT2D eigenvalue weighted by atomic mass is 10.1. The largest absolute Gasteiger partial charge is 0.376 e. The molecule has 1 nitrogen and oxygen atoms in total. The molecule has 0 bridgehead atoms. The van der Waals surface area contributed by atoms with Gasteiger partial charge in [0.05, 0.1) is 26.8 Å². The summed E-state index contributed by atoms with van der Waals surface area (Å²) in [6.45, 7) is 3.27. The van der Waals surface area contributed by atoms with Gasteiger partial charge >= 0.3 is 0 Å². The molecule has 2 aromatic rings. The first-order valence-electron chi connectivity index (χ1n) is 6.16. The second-order valence-corrected chi connectivity index (χ2v) is 5.87. The highest BCUT2D eigenvalue weighted by molar-refractivity contribution is 6.48. The predicted octanol–water partition coefficient (Wildman–Crippen LogP) is 6.41. The van der Waals surface area contributed by atoms with Crippen LogP contribution in [0.3, 0.4) is 0 Å². The van der Waals surface area contributed by atoms with E-state index < -0.39 is 11.6 Å². The molecule has 0 amide bonds. The molecule has 2 rings (SSSR count). The molecule has 112 valence electrons. The van der Waals surface area contributed by atoms with E-state index in [0.717, 1.165) is 12.1 Å². The van der Waals surface area contributed by atoms with Gasteiger partial charge in [0.15, 0.2) is 0 Å². The van der Waals surface area contributed by atoms with Gasteiger partial charge in [-0.25, -0.2) is 8.78 Å². The van der Waals surface area contributed by atoms with Crippen molar-refractivity contribution in [2.75, 3.05) is 5.32 Å². The Kier molecular flexibility index (Phi) is 4.97. The van der Waals surface area contributed by atoms with Crippen molar-refractivity contribution in [2.24, 2.45) is 0 Å². The van der Waals surface area contributed by atoms with Crippen LogP contribution in [0.2, 0.25) is 15.1 Å². The van der Waals surface area contributed by atoms with Crippen LogP contribution in [-0.4, -0.2) is 0 Å². The zero-order valence-corrected chi connectivity index (χ0v) is 13.5. The number of anilines is 1. The topological polar surface area (TPSA) is 12.0 Å². The Labute approximate surface area is 136 Å². The Bertz CT molecular complexity index is 689. The van der Waals surface area contributed by atoms with Crippen LogP contribution in [0.15, 0.2) is 24.3 Å². The van der Waals surface area contributed by atoms with Crippen molar-refractivity contribution in [3.8, 4) is 0 Å². The van der Waals surface area contributed by atoms with Gasteiger partial charge in [-0.05, 0) is 37.1 Å². The fraction of sp³-hybridized carbons (Fsp3) is 0.200. The van der Waals surface area contributed by atoms with Crippen molar-refractivity contribution < 1.29 is 8.78 Å². The first kappa shape index (κ1) is 16.3. The molecule has 2 aromatic carbocycles. The summed E-state index contributed by atoms with van der Waals surface area (Å²) < 4.78 is 27.4. The molecule has 0 radical (unpaired) electrons. The molecule has 0 spiro atoms. The first-order chi connectivity index (χ1) is 9.81. The maximum Gasteiger partial charge on any atom is 0.146 e. The van der Waals surface area contributed by atoms with Gasteiger partial charge in [-0.2, -0.15) is 0 Å². The van der Waals surface area contributed by atoms with Crippen LogP contribution in [0.5, 0.6) is 0 Å². The molecular weight excluding hydrogens is 339 g/mol. The van der Waals surface area contributed by atoms with Crippen LogP contribution in [0, 0.1) is 18.6 Å². The highest BCUT2D eigenvalue weighted by atomic mass is 35.5. The summed E-state index contributed by atoms with van der Waals surface area (Å²) in [7, 11) is 0. The lowest BCUT2D eigenvalue weighted by Gasteiger charge is -2.19. The molecule has 1 atom stereocenters. The maximum absolute atomic E-state index is 13.8. The highest BCUT2D eigenvalue weighted by Gasteiger charge is 2.16. The molecule has 0 fully saturated rings. The highest BCUT2D eigenvalue weighted by Crippen LogP contribution is 2.36. The Balaban J connectivity index is 2.32. The summed E-state index contributed by atoms with van der Waals surface area (Å²) in [6.07, 6.45) is 0. The van der Waals surface area contributed by atoms with Gasteiger partial charge in [0.25, 0.3) is 0 Å². The molecule has 6 heteroatoms. The van der Waals surface area contributed by atoms with Crippen molar-refractivity contribution in [3.63, 3.8) is 0 Å². The number of nitrogens with one attached hydrogen (secondary N) is 1. The zero-order chi connectivity index (χ0) is 15.7. The Hall–Kier alpha value is -1.03. The molecule has 0 aliphatic carbocycles. The van der Waals surface area contributed by atoms with Gasteiger partial charge in [-0.3, -0.25) is 0 Å². The summed E-state index contributed by atoms with van der Waals surface area (Å²) in [5.74, 6) is -1.01. The van der Waals surface area contributed by atoms with Crippen LogP contribution in [0.4, 0.5) is 14.5 Å². The van der Waals surface area contributed by atoms with Crippen molar-refractivity contribution in [1.82, 2.24) is 0 Å². The fourth-order valence-electron chi connectivity index (χ4n) is 1.94. The van der Waals surface area contributed by atoms with E-state index in [1.165, 1.54) is 6.92 Å². The summed E-state index contributed by atoms with van der Waals surface area (Å²) in [5, 5.41) is 3.74. The molecule has 0 aliphatic rings. The van der Waals surface area contributed by atoms with E-state index in [2.05, 4.69) is 5.32 Å². The van der Waals surface area contributed by atoms with E-state index >= 15 is 0 Å². The molecule has 1 unspecified atom stereocenters. The molecule has 0 aliphatic heterocycles. The van der Waals surface area contributed by atoms with Gasteiger partial charge in [-0.15, -0.1) is 0 Å². The first-order valence-corrected chi connectivity index (χ1v) is 7.30. The average molecular weight is 351 g/mol. The molecule has 0 saturated heterocycles. The molecular formula is C15H12Cl3F2N. The van der Waals surface area contributed by atoms with Gasteiger partial charge in [0.1, 0.15) is 11.6 Å². The average Bonchev–Trinajstić information content (AvgIpc) is 2.42. The minimum atomic E-state index is -0.531. The summed E-state index contributed by atoms with van der Waals surface area (Å²) >= 11 is 18.0. The third kappa shape index (κ3) is 3.42. The second-order valence-electron chi connectivity index (χ2n) is 4.71. The third-order valence-corrected chi connectivity index (χ3v) is 4.46. The molecule has 1 N–H and O–H groups in total. The maximum atomic E-state index is 13.8. The predicted molar refractivity (Wildman–Crippen MR) is 84.6 cm³/mol. The van der Waals surface area contributed by atoms with Gasteiger partial charge in [-0.1, -0.05) is 40.9 Å². The van der Waals surface area contributed by atoms with E-state index in [0.29, 0.717) is 10.6 Å². The van der Waals surface area contributed by atoms with E-state index in [9.17, 15) is 8.78 Å². The molecule has 0 heterocycles. The Morgan fingerprint density at radius 2 is 1.67 bits per heavy atom. The van der Waals surface area contributed by atoms with E-state index in [-0.39, 0.29) is 27.3 Å². The summed E-state index contributed by atoms with van der Waals surface area (Å²) in [5.41, 5.74) is 0.956. The SMILES string of the molecule is Cc1cc(F)c(NC(C)c2ccc(Cl)c(Cl)c2Cl)cc1F. The van der Waals surface area contributed by atoms with Gasteiger partial charge in [0.2, 0.25) is 0 Å². The number of benzene rings is 2. The van der Waals surface area contributed by atoms with Crippen molar-refractivity contribution in [2.45, 2.75) is 19.9 Å². The number of aryl methyl sites for hydroxylation is 1. The van der Waals surface area contributed by atoms with Crippen LogP contribution >= 0.6 is 34.8 Å². The van der Waals surface area contributed by atoms with Gasteiger partial charge < -0.3 is 5.32 Å². The van der Waals surface area contributed by atoms with Crippen LogP contribution in [0.1, 0.15) is 24.1 Å². The minimum Gasteiger partial charge on any atom is -0.376 e. The lowest BCUT2D eigenvalue weighted by Crippen LogP contribution is -2.09. The monoisotopic (exact) mass is 349 g/mol. The van der Waals surface area contributed by atoms with E-state index in [4.69, 9.17) is 34.8 Å². The van der Waals surface area contributed by atoms with Crippen molar-refractivity contribution in [1.29, 1.82) is 0 Å². The standard InChI is InChI=1S/C15H12Cl3F2N/c1-7-5-12(20)13(6-11(7)19)21-8(2)9-3-4-10(16)15(18)14(9)17/h3-6,8,21H,1-2H3. The number of hydrogen-bond donors (Lipinski definition) is 1. The second kappa shape index (κ2) is 6.39. The Morgan fingerprint density at radius 1 is 1.00 bits per heavy atom. The smallest absolute Gasteiger partial charge is 0.146 e. The van der Waals surface area contributed by atoms with Crippen LogP contribution < -0.4 is 5.32 Å². The quantitative estimate of drug-likeness (QED) is 0.631. The van der Waals surface area contributed by atoms with Crippen molar-refractivity contribution in [3.05, 3.63) is 62.1 Å². The van der Waals surface area contributed by atoms with E-state index in [1.807, 2.05) is 0 Å². The summed E-state index contributed by atoms with van der Waals surface area (Å²) in [4.78, 5) is 0. The number of hydrogen-bond acceptors (Lipinski definition) is 1. The Morgan fingerprint density at radius 3 is 2.33 bits per heavy atom. The fourth-order valence-corrected chi connectivity index (χ4v) is 2.65. The normalized spacial score (nSPS) is 12.3. The molecule has 21 heavy (non-hydrogen) atoms. The number of halogens is 5. The van der Waals surface area contributed by atoms with Crippen molar-refractivity contribution >= 4 is 40.5 Å². The zero-order valence-electron chi connectivity index (χ0n) is 11.3. The summed E-state index contributed by atoms with van der Waals surface area (Å²) in [6, 6.07) is 5.18. The molecule has 0 saturated carbocycles. The van der Waals surface area contributed by atoms with Crippen LogP contribution in [-0.2, 0) is 0 Å². The van der Waals surface area contributed by atoms with Gasteiger partial charge in [0, 0.05) is 6.07 Å². The minimum absolute atomic E-state index is 0.0627. The number of rotatable bonds is 3.